The number of rotatable bonds is 5. The van der Waals surface area contributed by atoms with Gasteiger partial charge in [0.25, 0.3) is 0 Å². The molecule has 0 saturated carbocycles. The summed E-state index contributed by atoms with van der Waals surface area (Å²) < 4.78 is 55.4. The SMILES string of the molecule is CNCc1cc(S(=O)(=O)NC2CCS(=O)(=O)CC2)c(Br)o1. The van der Waals surface area contributed by atoms with Crippen LogP contribution in [0.15, 0.2) is 20.0 Å². The summed E-state index contributed by atoms with van der Waals surface area (Å²) in [6.07, 6.45) is 0.584. The van der Waals surface area contributed by atoms with Crippen molar-refractivity contribution in [3.63, 3.8) is 0 Å². The minimum absolute atomic E-state index is 0.0117. The summed E-state index contributed by atoms with van der Waals surface area (Å²) in [6, 6.07) is 1.08. The van der Waals surface area contributed by atoms with Crippen molar-refractivity contribution in [1.82, 2.24) is 10.0 Å². The number of sulfone groups is 1. The van der Waals surface area contributed by atoms with Gasteiger partial charge in [-0.3, -0.25) is 0 Å². The summed E-state index contributed by atoms with van der Waals surface area (Å²) in [4.78, 5) is 0.0289. The Morgan fingerprint density at radius 2 is 2.00 bits per heavy atom. The predicted molar refractivity (Wildman–Crippen MR) is 81.2 cm³/mol. The maximum atomic E-state index is 12.3. The molecule has 1 aromatic rings. The van der Waals surface area contributed by atoms with E-state index in [1.165, 1.54) is 6.07 Å². The molecule has 7 nitrogen and oxygen atoms in total. The molecule has 1 fully saturated rings. The van der Waals surface area contributed by atoms with E-state index < -0.39 is 19.9 Å². The van der Waals surface area contributed by atoms with Gasteiger partial charge < -0.3 is 9.73 Å². The van der Waals surface area contributed by atoms with E-state index in [1.54, 1.807) is 7.05 Å². The number of hydrogen-bond donors (Lipinski definition) is 2. The fraction of sp³-hybridized carbons (Fsp3) is 0.636. The molecule has 0 bridgehead atoms. The normalized spacial score (nSPS) is 19.7. The first-order chi connectivity index (χ1) is 9.73. The fourth-order valence-corrected chi connectivity index (χ4v) is 5.93. The highest BCUT2D eigenvalue weighted by atomic mass is 79.9. The van der Waals surface area contributed by atoms with Crippen LogP contribution < -0.4 is 10.0 Å². The van der Waals surface area contributed by atoms with Crippen LogP contribution in [0.2, 0.25) is 0 Å². The highest BCUT2D eigenvalue weighted by molar-refractivity contribution is 9.10. The van der Waals surface area contributed by atoms with Gasteiger partial charge in [0, 0.05) is 12.1 Å². The van der Waals surface area contributed by atoms with Gasteiger partial charge >= 0.3 is 0 Å². The van der Waals surface area contributed by atoms with E-state index in [0.29, 0.717) is 25.1 Å². The Bertz CT molecular complexity index is 697. The van der Waals surface area contributed by atoms with Crippen molar-refractivity contribution >= 4 is 35.8 Å². The van der Waals surface area contributed by atoms with E-state index in [4.69, 9.17) is 4.42 Å². The second kappa shape index (κ2) is 6.37. The van der Waals surface area contributed by atoms with Gasteiger partial charge in [-0.2, -0.15) is 0 Å². The van der Waals surface area contributed by atoms with Crippen molar-refractivity contribution in [2.45, 2.75) is 30.3 Å². The van der Waals surface area contributed by atoms with Gasteiger partial charge in [-0.05, 0) is 35.8 Å². The molecule has 0 aliphatic carbocycles. The van der Waals surface area contributed by atoms with Crippen LogP contribution in [0.5, 0.6) is 0 Å². The average Bonchev–Trinajstić information content (AvgIpc) is 2.74. The first-order valence-corrected chi connectivity index (χ1v) is 10.5. The van der Waals surface area contributed by atoms with Crippen LogP contribution in [0.4, 0.5) is 0 Å². The Kier molecular flexibility index (Phi) is 5.14. The molecule has 1 aliphatic heterocycles. The molecule has 21 heavy (non-hydrogen) atoms. The lowest BCUT2D eigenvalue weighted by Gasteiger charge is -2.22. The number of sulfonamides is 1. The molecule has 0 radical (unpaired) electrons. The summed E-state index contributed by atoms with van der Waals surface area (Å²) >= 11 is 3.10. The van der Waals surface area contributed by atoms with Gasteiger partial charge in [-0.15, -0.1) is 0 Å². The first kappa shape index (κ1) is 16.9. The monoisotopic (exact) mass is 400 g/mol. The van der Waals surface area contributed by atoms with Crippen molar-refractivity contribution in [3.05, 3.63) is 16.5 Å². The zero-order chi connectivity index (χ0) is 15.7. The standard InChI is InChI=1S/C11H17BrN2O5S2/c1-13-7-9-6-10(11(12)19-9)21(17,18)14-8-2-4-20(15,16)5-3-8/h6,8,13-14H,2-5,7H2,1H3. The van der Waals surface area contributed by atoms with Crippen LogP contribution >= 0.6 is 15.9 Å². The molecule has 0 spiro atoms. The van der Waals surface area contributed by atoms with E-state index >= 15 is 0 Å². The third kappa shape index (κ3) is 4.28. The molecular weight excluding hydrogens is 384 g/mol. The summed E-state index contributed by atoms with van der Waals surface area (Å²) in [6.45, 7) is 0.412. The Morgan fingerprint density at radius 1 is 1.38 bits per heavy atom. The molecule has 10 heteroatoms. The molecule has 0 aromatic carbocycles. The van der Waals surface area contributed by atoms with Crippen LogP contribution in [-0.4, -0.2) is 41.4 Å². The molecule has 1 aromatic heterocycles. The van der Waals surface area contributed by atoms with Crippen molar-refractivity contribution in [2.24, 2.45) is 0 Å². The van der Waals surface area contributed by atoms with Gasteiger partial charge in [0.05, 0.1) is 18.1 Å². The zero-order valence-electron chi connectivity index (χ0n) is 11.4. The third-order valence-electron chi connectivity index (χ3n) is 3.22. The minimum atomic E-state index is -3.74. The fourth-order valence-electron chi connectivity index (χ4n) is 2.13. The lowest BCUT2D eigenvalue weighted by molar-refractivity contribution is 0.468. The van der Waals surface area contributed by atoms with Gasteiger partial charge in [0.15, 0.2) is 4.67 Å². The van der Waals surface area contributed by atoms with Crippen LogP contribution in [0.3, 0.4) is 0 Å². The second-order valence-corrected chi connectivity index (χ2v) is 9.63. The highest BCUT2D eigenvalue weighted by Crippen LogP contribution is 2.27. The lowest BCUT2D eigenvalue weighted by atomic mass is 10.2. The zero-order valence-corrected chi connectivity index (χ0v) is 14.6. The number of furan rings is 1. The molecule has 120 valence electrons. The average molecular weight is 401 g/mol. The summed E-state index contributed by atoms with van der Waals surface area (Å²) in [5.41, 5.74) is 0. The van der Waals surface area contributed by atoms with Crippen molar-refractivity contribution in [1.29, 1.82) is 0 Å². The maximum Gasteiger partial charge on any atom is 0.245 e. The van der Waals surface area contributed by atoms with Gasteiger partial charge in [0.2, 0.25) is 10.0 Å². The lowest BCUT2D eigenvalue weighted by Crippen LogP contribution is -2.40. The summed E-state index contributed by atoms with van der Waals surface area (Å²) in [5.74, 6) is 0.520. The Hall–Kier alpha value is -0.420. The second-order valence-electron chi connectivity index (χ2n) is 4.93. The largest absolute Gasteiger partial charge is 0.452 e. The van der Waals surface area contributed by atoms with Gasteiger partial charge in [-0.25, -0.2) is 21.6 Å². The Labute approximate surface area is 132 Å². The molecule has 2 heterocycles. The summed E-state index contributed by atoms with van der Waals surface area (Å²) in [7, 11) is -5.03. The summed E-state index contributed by atoms with van der Waals surface area (Å²) in [5, 5.41) is 2.87. The van der Waals surface area contributed by atoms with E-state index in [0.717, 1.165) is 0 Å². The van der Waals surface area contributed by atoms with E-state index in [9.17, 15) is 16.8 Å². The molecule has 2 rings (SSSR count). The highest BCUT2D eigenvalue weighted by Gasteiger charge is 2.29. The van der Waals surface area contributed by atoms with Crippen LogP contribution in [0.1, 0.15) is 18.6 Å². The predicted octanol–water partition coefficient (Wildman–Crippen LogP) is 0.617. The van der Waals surface area contributed by atoms with Crippen molar-refractivity contribution in [3.8, 4) is 0 Å². The Balaban J connectivity index is 2.12. The van der Waals surface area contributed by atoms with Crippen molar-refractivity contribution in [2.75, 3.05) is 18.6 Å². The van der Waals surface area contributed by atoms with Gasteiger partial charge in [-0.1, -0.05) is 0 Å². The first-order valence-electron chi connectivity index (χ1n) is 6.39. The molecule has 0 amide bonds. The van der Waals surface area contributed by atoms with Gasteiger partial charge in [0.1, 0.15) is 20.5 Å². The van der Waals surface area contributed by atoms with E-state index in [2.05, 4.69) is 26.0 Å². The number of hydrogen-bond acceptors (Lipinski definition) is 6. The topological polar surface area (TPSA) is 105 Å². The molecule has 1 aliphatic rings. The molecule has 1 saturated heterocycles. The van der Waals surface area contributed by atoms with Crippen molar-refractivity contribution < 1.29 is 21.3 Å². The molecule has 0 unspecified atom stereocenters. The number of nitrogens with one attached hydrogen (secondary N) is 2. The van der Waals surface area contributed by atoms with E-state index in [1.807, 2.05) is 0 Å². The van der Waals surface area contributed by atoms with Crippen LogP contribution in [0.25, 0.3) is 0 Å². The third-order valence-corrected chi connectivity index (χ3v) is 7.32. The van der Waals surface area contributed by atoms with Crippen LogP contribution in [-0.2, 0) is 26.4 Å². The molecule has 0 atom stereocenters. The number of halogens is 1. The Morgan fingerprint density at radius 3 is 2.57 bits per heavy atom. The van der Waals surface area contributed by atoms with Crippen LogP contribution in [0, 0.1) is 0 Å². The minimum Gasteiger partial charge on any atom is -0.452 e. The molecular formula is C11H17BrN2O5S2. The van der Waals surface area contributed by atoms with E-state index in [-0.39, 0.29) is 27.1 Å². The smallest absolute Gasteiger partial charge is 0.245 e. The quantitative estimate of drug-likeness (QED) is 0.750. The molecule has 2 N–H and O–H groups in total. The maximum absolute atomic E-state index is 12.3.